The SMILES string of the molecule is CC1(C)c2ccccc2-c2ccc(N(c3ccccc3-c3cccc4ccc5oc6ccccc6c5c34)c3cccc4oc5ccccc5c34)cc21. The normalized spacial score (nSPS) is 13.3. The third kappa shape index (κ3) is 4.02. The van der Waals surface area contributed by atoms with Crippen LogP contribution in [0.15, 0.2) is 173 Å². The van der Waals surface area contributed by atoms with Crippen LogP contribution in [0, 0.1) is 0 Å². The van der Waals surface area contributed by atoms with Crippen molar-refractivity contribution in [1.29, 1.82) is 0 Å². The summed E-state index contributed by atoms with van der Waals surface area (Å²) in [6.07, 6.45) is 0. The summed E-state index contributed by atoms with van der Waals surface area (Å²) in [5.41, 5.74) is 14.3. The smallest absolute Gasteiger partial charge is 0.137 e. The van der Waals surface area contributed by atoms with E-state index in [1.807, 2.05) is 12.1 Å². The van der Waals surface area contributed by atoms with E-state index in [1.165, 1.54) is 33.0 Å². The van der Waals surface area contributed by atoms with Crippen molar-refractivity contribution in [2.75, 3.05) is 4.90 Å². The van der Waals surface area contributed by atoms with Crippen molar-refractivity contribution >= 4 is 71.7 Å². The highest BCUT2D eigenvalue weighted by Gasteiger charge is 2.36. The van der Waals surface area contributed by atoms with E-state index < -0.39 is 0 Å². The highest BCUT2D eigenvalue weighted by Crippen LogP contribution is 2.53. The Kier molecular flexibility index (Phi) is 6.01. The van der Waals surface area contributed by atoms with Gasteiger partial charge in [0.25, 0.3) is 0 Å². The Morgan fingerprint density at radius 2 is 1.00 bits per heavy atom. The van der Waals surface area contributed by atoms with Gasteiger partial charge in [-0.3, -0.25) is 0 Å². The van der Waals surface area contributed by atoms with Gasteiger partial charge in [-0.05, 0) is 81.7 Å². The maximum atomic E-state index is 6.48. The molecule has 52 heavy (non-hydrogen) atoms. The molecule has 0 N–H and O–H groups in total. The number of rotatable bonds is 4. The first-order chi connectivity index (χ1) is 25.6. The van der Waals surface area contributed by atoms with Crippen molar-refractivity contribution in [1.82, 2.24) is 0 Å². The molecule has 0 radical (unpaired) electrons. The fourth-order valence-electron chi connectivity index (χ4n) is 8.90. The Hall–Kier alpha value is -6.58. The van der Waals surface area contributed by atoms with Crippen LogP contribution in [0.4, 0.5) is 17.1 Å². The minimum atomic E-state index is -0.148. The van der Waals surface area contributed by atoms with Crippen LogP contribution >= 0.6 is 0 Å². The highest BCUT2D eigenvalue weighted by molar-refractivity contribution is 6.23. The van der Waals surface area contributed by atoms with Crippen molar-refractivity contribution in [3.05, 3.63) is 175 Å². The summed E-state index contributed by atoms with van der Waals surface area (Å²) in [5.74, 6) is 0. The number of anilines is 3. The molecule has 2 aromatic heterocycles. The molecule has 3 heteroatoms. The lowest BCUT2D eigenvalue weighted by molar-refractivity contribution is 0.660. The molecule has 0 atom stereocenters. The van der Waals surface area contributed by atoms with E-state index in [2.05, 4.69) is 170 Å². The molecule has 0 aliphatic heterocycles. The number of furan rings is 2. The van der Waals surface area contributed by atoms with Crippen LogP contribution in [0.5, 0.6) is 0 Å². The van der Waals surface area contributed by atoms with E-state index in [4.69, 9.17) is 8.83 Å². The monoisotopic (exact) mass is 667 g/mol. The second kappa shape index (κ2) is 10.7. The van der Waals surface area contributed by atoms with E-state index in [-0.39, 0.29) is 5.41 Å². The summed E-state index contributed by atoms with van der Waals surface area (Å²) in [6, 6.07) is 58.8. The molecule has 10 aromatic rings. The second-order valence-electron chi connectivity index (χ2n) is 14.4. The highest BCUT2D eigenvalue weighted by atomic mass is 16.3. The van der Waals surface area contributed by atoms with Gasteiger partial charge in [-0.25, -0.2) is 0 Å². The van der Waals surface area contributed by atoms with Crippen molar-refractivity contribution in [3.63, 3.8) is 0 Å². The van der Waals surface area contributed by atoms with Gasteiger partial charge in [0, 0.05) is 38.2 Å². The molecular formula is C49H33NO2. The fraction of sp³-hybridized carbons (Fsp3) is 0.0612. The lowest BCUT2D eigenvalue weighted by Crippen LogP contribution is -2.17. The van der Waals surface area contributed by atoms with Crippen molar-refractivity contribution < 1.29 is 8.83 Å². The average Bonchev–Trinajstić information content (AvgIpc) is 3.83. The maximum Gasteiger partial charge on any atom is 0.137 e. The predicted molar refractivity (Wildman–Crippen MR) is 216 cm³/mol. The van der Waals surface area contributed by atoms with Gasteiger partial charge in [0.1, 0.15) is 22.3 Å². The summed E-state index contributed by atoms with van der Waals surface area (Å²) in [7, 11) is 0. The molecule has 0 saturated heterocycles. The van der Waals surface area contributed by atoms with Gasteiger partial charge in [-0.2, -0.15) is 0 Å². The summed E-state index contributed by atoms with van der Waals surface area (Å²) >= 11 is 0. The second-order valence-corrected chi connectivity index (χ2v) is 14.4. The zero-order chi connectivity index (χ0) is 34.6. The summed E-state index contributed by atoms with van der Waals surface area (Å²) in [4.78, 5) is 2.45. The molecule has 1 aliphatic carbocycles. The van der Waals surface area contributed by atoms with E-state index in [1.54, 1.807) is 0 Å². The van der Waals surface area contributed by atoms with Crippen molar-refractivity contribution in [2.45, 2.75) is 19.3 Å². The number of nitrogens with zero attached hydrogens (tertiary/aromatic N) is 1. The molecule has 0 fully saturated rings. The quantitative estimate of drug-likeness (QED) is 0.187. The van der Waals surface area contributed by atoms with E-state index in [0.29, 0.717) is 0 Å². The molecule has 8 aromatic carbocycles. The first-order valence-corrected chi connectivity index (χ1v) is 17.9. The number of para-hydroxylation sites is 3. The minimum Gasteiger partial charge on any atom is -0.456 e. The first-order valence-electron chi connectivity index (χ1n) is 17.9. The molecule has 0 amide bonds. The summed E-state index contributed by atoms with van der Waals surface area (Å²) < 4.78 is 12.9. The topological polar surface area (TPSA) is 29.5 Å². The number of benzene rings is 8. The van der Waals surface area contributed by atoms with Crippen LogP contribution < -0.4 is 4.90 Å². The van der Waals surface area contributed by atoms with Crippen molar-refractivity contribution in [3.8, 4) is 22.3 Å². The van der Waals surface area contributed by atoms with Gasteiger partial charge >= 0.3 is 0 Å². The van der Waals surface area contributed by atoms with Crippen LogP contribution in [0.1, 0.15) is 25.0 Å². The third-order valence-electron chi connectivity index (χ3n) is 11.3. The van der Waals surface area contributed by atoms with E-state index in [0.717, 1.165) is 72.1 Å². The van der Waals surface area contributed by atoms with Gasteiger partial charge < -0.3 is 13.7 Å². The molecule has 0 unspecified atom stereocenters. The molecule has 1 aliphatic rings. The van der Waals surface area contributed by atoms with Gasteiger partial charge in [-0.1, -0.05) is 129 Å². The van der Waals surface area contributed by atoms with Crippen LogP contribution in [0.3, 0.4) is 0 Å². The van der Waals surface area contributed by atoms with Gasteiger partial charge in [0.05, 0.1) is 16.8 Å². The lowest BCUT2D eigenvalue weighted by Gasteiger charge is -2.30. The molecular weight excluding hydrogens is 635 g/mol. The molecule has 0 bridgehead atoms. The lowest BCUT2D eigenvalue weighted by atomic mass is 9.82. The van der Waals surface area contributed by atoms with Crippen LogP contribution in [-0.4, -0.2) is 0 Å². The minimum absolute atomic E-state index is 0.148. The first kappa shape index (κ1) is 29.2. The summed E-state index contributed by atoms with van der Waals surface area (Å²) in [6.45, 7) is 4.70. The Morgan fingerprint density at radius 3 is 1.83 bits per heavy atom. The van der Waals surface area contributed by atoms with Crippen LogP contribution in [-0.2, 0) is 5.41 Å². The fourth-order valence-corrected chi connectivity index (χ4v) is 8.90. The third-order valence-corrected chi connectivity index (χ3v) is 11.3. The van der Waals surface area contributed by atoms with E-state index >= 15 is 0 Å². The molecule has 3 nitrogen and oxygen atoms in total. The molecule has 0 spiro atoms. The molecule has 246 valence electrons. The largest absolute Gasteiger partial charge is 0.456 e. The Labute approximate surface area is 301 Å². The maximum absolute atomic E-state index is 6.48. The Balaban J connectivity index is 1.23. The predicted octanol–water partition coefficient (Wildman–Crippen LogP) is 14.1. The zero-order valence-electron chi connectivity index (χ0n) is 28.9. The van der Waals surface area contributed by atoms with Gasteiger partial charge in [-0.15, -0.1) is 0 Å². The summed E-state index contributed by atoms with van der Waals surface area (Å²) in [5, 5.41) is 6.83. The number of hydrogen-bond acceptors (Lipinski definition) is 3. The molecule has 2 heterocycles. The molecule has 11 rings (SSSR count). The van der Waals surface area contributed by atoms with Gasteiger partial charge in [0.2, 0.25) is 0 Å². The number of hydrogen-bond donors (Lipinski definition) is 0. The van der Waals surface area contributed by atoms with Gasteiger partial charge in [0.15, 0.2) is 0 Å². The van der Waals surface area contributed by atoms with Crippen LogP contribution in [0.2, 0.25) is 0 Å². The van der Waals surface area contributed by atoms with E-state index in [9.17, 15) is 0 Å². The number of fused-ring (bicyclic) bond motifs is 11. The average molecular weight is 668 g/mol. The van der Waals surface area contributed by atoms with Crippen LogP contribution in [0.25, 0.3) is 76.9 Å². The molecule has 0 saturated carbocycles. The Morgan fingerprint density at radius 1 is 0.404 bits per heavy atom. The standard InChI is InChI=1S/C49H33NO2/c1-49(2)38-19-7-3-14-32(38)33-27-26-31(29-39(33)49)50(41-21-12-24-44-47(41)36-16-5-9-22-42(36)51-44)40-20-8-4-15-34(40)35-18-11-13-30-25-28-45-48(46(30)35)37-17-6-10-23-43(37)52-45/h3-29H,1-2H3. The Bertz CT molecular complexity index is 3070. The van der Waals surface area contributed by atoms with Crippen molar-refractivity contribution in [2.24, 2.45) is 0 Å². The zero-order valence-corrected chi connectivity index (χ0v) is 28.9.